The molecule has 1 aromatic rings. The zero-order valence-electron chi connectivity index (χ0n) is 16.8. The molecule has 0 heterocycles. The van der Waals surface area contributed by atoms with Crippen LogP contribution >= 0.6 is 0 Å². The van der Waals surface area contributed by atoms with Gasteiger partial charge in [-0.25, -0.2) is 4.79 Å². The van der Waals surface area contributed by atoms with Gasteiger partial charge in [-0.05, 0) is 25.2 Å². The number of likely N-dealkylation sites (N-methyl/N-ethyl adjacent to an activating group) is 1. The fourth-order valence-corrected chi connectivity index (χ4v) is 2.28. The van der Waals surface area contributed by atoms with Crippen molar-refractivity contribution >= 4 is 17.9 Å². The first-order valence-electron chi connectivity index (χ1n) is 8.97. The van der Waals surface area contributed by atoms with Gasteiger partial charge >= 0.3 is 17.9 Å². The number of carboxylic acid groups (broad SMARTS) is 3. The number of methoxy groups -OCH3 is 1. The summed E-state index contributed by atoms with van der Waals surface area (Å²) < 4.78 is 10.9. The van der Waals surface area contributed by atoms with Crippen molar-refractivity contribution in [2.45, 2.75) is 32.3 Å². The van der Waals surface area contributed by atoms with Gasteiger partial charge in [-0.2, -0.15) is 0 Å². The number of benzene rings is 1. The van der Waals surface area contributed by atoms with Gasteiger partial charge in [-0.1, -0.05) is 26.0 Å². The van der Waals surface area contributed by atoms with Crippen molar-refractivity contribution in [3.8, 4) is 11.5 Å². The summed E-state index contributed by atoms with van der Waals surface area (Å²) in [5.74, 6) is -3.41. The van der Waals surface area contributed by atoms with E-state index in [9.17, 15) is 14.4 Å². The Hall–Kier alpha value is -2.85. The van der Waals surface area contributed by atoms with Gasteiger partial charge in [0.05, 0.1) is 20.0 Å². The summed E-state index contributed by atoms with van der Waals surface area (Å²) in [6, 6.07) is 7.74. The number of carboxylic acids is 3. The zero-order valence-corrected chi connectivity index (χ0v) is 16.8. The van der Waals surface area contributed by atoms with Crippen LogP contribution in [0, 0.1) is 0 Å². The maximum Gasteiger partial charge on any atom is 0.336 e. The van der Waals surface area contributed by atoms with E-state index in [4.69, 9.17) is 29.9 Å². The van der Waals surface area contributed by atoms with Crippen LogP contribution in [0.2, 0.25) is 0 Å². The maximum absolute atomic E-state index is 10.3. The lowest BCUT2D eigenvalue weighted by Gasteiger charge is -2.18. The second kappa shape index (κ2) is 13.3. The third-order valence-corrected chi connectivity index (χ3v) is 3.91. The molecule has 0 aliphatic carbocycles. The van der Waals surface area contributed by atoms with Crippen molar-refractivity contribution in [2.75, 3.05) is 33.4 Å². The van der Waals surface area contributed by atoms with Crippen molar-refractivity contribution in [1.82, 2.24) is 4.90 Å². The largest absolute Gasteiger partial charge is 0.493 e. The summed E-state index contributed by atoms with van der Waals surface area (Å²) in [6.45, 7) is 8.09. The van der Waals surface area contributed by atoms with Crippen LogP contribution in [0.5, 0.6) is 11.5 Å². The Kier molecular flexibility index (Phi) is 12.0. The van der Waals surface area contributed by atoms with Crippen LogP contribution in [-0.4, -0.2) is 82.2 Å². The van der Waals surface area contributed by atoms with Crippen molar-refractivity contribution in [3.63, 3.8) is 0 Å². The molecule has 29 heavy (non-hydrogen) atoms. The fraction of sp³-hybridized carbons (Fsp3) is 0.526. The highest BCUT2D eigenvalue weighted by atomic mass is 16.5. The number of hydrogen-bond acceptors (Lipinski definition) is 7. The Morgan fingerprint density at radius 3 is 1.83 bits per heavy atom. The number of aliphatic hydroxyl groups is 1. The topological polar surface area (TPSA) is 154 Å². The van der Waals surface area contributed by atoms with Crippen molar-refractivity contribution in [2.24, 2.45) is 0 Å². The highest BCUT2D eigenvalue weighted by Crippen LogP contribution is 2.25. The van der Waals surface area contributed by atoms with Crippen LogP contribution in [-0.2, 0) is 14.4 Å². The number of carbonyl (C=O) groups is 3. The predicted molar refractivity (Wildman–Crippen MR) is 103 cm³/mol. The zero-order chi connectivity index (χ0) is 22.4. The minimum atomic E-state index is -2.74. The lowest BCUT2D eigenvalue weighted by atomic mass is 9.96. The summed E-state index contributed by atoms with van der Waals surface area (Å²) >= 11 is 0. The molecule has 0 aliphatic heterocycles. The van der Waals surface area contributed by atoms with Gasteiger partial charge in [0, 0.05) is 6.54 Å². The number of hydrogen-bond donors (Lipinski definition) is 4. The Morgan fingerprint density at radius 1 is 0.966 bits per heavy atom. The normalized spacial score (nSPS) is 10.7. The molecule has 0 aromatic heterocycles. The van der Waals surface area contributed by atoms with Gasteiger partial charge in [0.25, 0.3) is 0 Å². The standard InChI is InChI=1S/C13H21NO2.C6H8O7/c1-4-14(5-2)10-11-16-13-9-7-6-8-12(13)15-3;7-3(8)1-6(13,5(11)12)2-4(9)10/h6-9H,4-5,10-11H2,1-3H3;13H,1-2H2,(H,7,8)(H,9,10)(H,11,12). The molecule has 10 heteroatoms. The van der Waals surface area contributed by atoms with Gasteiger partial charge in [0.1, 0.15) is 6.61 Å². The molecule has 1 rings (SSSR count). The molecule has 0 aliphatic rings. The Bertz CT molecular complexity index is 643. The summed E-state index contributed by atoms with van der Waals surface area (Å²) in [5, 5.41) is 33.8. The first-order chi connectivity index (χ1) is 13.6. The minimum absolute atomic E-state index is 0.696. The molecule has 0 radical (unpaired) electrons. The lowest BCUT2D eigenvalue weighted by molar-refractivity contribution is -0.170. The SMILES string of the molecule is CCN(CC)CCOc1ccccc1OC.O=C(O)CC(O)(CC(=O)O)C(=O)O. The second-order valence-corrected chi connectivity index (χ2v) is 6.00. The third kappa shape index (κ3) is 10.3. The van der Waals surface area contributed by atoms with Crippen molar-refractivity contribution in [3.05, 3.63) is 24.3 Å². The first kappa shape index (κ1) is 26.1. The highest BCUT2D eigenvalue weighted by molar-refractivity contribution is 5.88. The van der Waals surface area contributed by atoms with E-state index in [-0.39, 0.29) is 0 Å². The van der Waals surface area contributed by atoms with Crippen LogP contribution < -0.4 is 9.47 Å². The van der Waals surface area contributed by atoms with E-state index in [0.717, 1.165) is 31.1 Å². The predicted octanol–water partition coefficient (Wildman–Crippen LogP) is 1.17. The average Bonchev–Trinajstić information content (AvgIpc) is 2.64. The molecule has 0 bridgehead atoms. The van der Waals surface area contributed by atoms with Gasteiger partial charge < -0.3 is 34.8 Å². The summed E-state index contributed by atoms with van der Waals surface area (Å²) in [5.41, 5.74) is -2.74. The van der Waals surface area contributed by atoms with Gasteiger partial charge in [-0.3, -0.25) is 9.59 Å². The number of aliphatic carboxylic acids is 3. The van der Waals surface area contributed by atoms with E-state index < -0.39 is 36.4 Å². The van der Waals surface area contributed by atoms with E-state index in [1.165, 1.54) is 0 Å². The monoisotopic (exact) mass is 415 g/mol. The lowest BCUT2D eigenvalue weighted by Crippen LogP contribution is -2.42. The van der Waals surface area contributed by atoms with E-state index in [0.29, 0.717) is 6.61 Å². The Labute approximate surface area is 169 Å². The molecule has 10 nitrogen and oxygen atoms in total. The fourth-order valence-electron chi connectivity index (χ4n) is 2.28. The number of rotatable bonds is 12. The van der Waals surface area contributed by atoms with Crippen LogP contribution in [0.3, 0.4) is 0 Å². The second-order valence-electron chi connectivity index (χ2n) is 6.00. The summed E-state index contributed by atoms with van der Waals surface area (Å²) in [4.78, 5) is 32.8. The van der Waals surface area contributed by atoms with Crippen LogP contribution in [0.4, 0.5) is 0 Å². The molecule has 164 valence electrons. The molecule has 4 N–H and O–H groups in total. The van der Waals surface area contributed by atoms with Crippen molar-refractivity contribution < 1.29 is 44.3 Å². The first-order valence-corrected chi connectivity index (χ1v) is 8.97. The smallest absolute Gasteiger partial charge is 0.336 e. The Balaban J connectivity index is 0.000000555. The number of ether oxygens (including phenoxy) is 2. The van der Waals surface area contributed by atoms with E-state index in [1.807, 2.05) is 24.3 Å². The van der Waals surface area contributed by atoms with Gasteiger partial charge in [0.2, 0.25) is 0 Å². The molecule has 0 spiro atoms. The molecule has 0 atom stereocenters. The maximum atomic E-state index is 10.3. The van der Waals surface area contributed by atoms with Crippen LogP contribution in [0.15, 0.2) is 24.3 Å². The molecular weight excluding hydrogens is 386 g/mol. The molecule has 1 aromatic carbocycles. The van der Waals surface area contributed by atoms with E-state index in [1.54, 1.807) is 7.11 Å². The Morgan fingerprint density at radius 2 is 1.45 bits per heavy atom. The third-order valence-electron chi connectivity index (χ3n) is 3.91. The molecule has 0 unspecified atom stereocenters. The minimum Gasteiger partial charge on any atom is -0.493 e. The summed E-state index contributed by atoms with van der Waals surface area (Å²) in [7, 11) is 1.66. The average molecular weight is 415 g/mol. The van der Waals surface area contributed by atoms with E-state index in [2.05, 4.69) is 18.7 Å². The van der Waals surface area contributed by atoms with Crippen LogP contribution in [0.1, 0.15) is 26.7 Å². The van der Waals surface area contributed by atoms with Gasteiger partial charge in [-0.15, -0.1) is 0 Å². The van der Waals surface area contributed by atoms with Crippen LogP contribution in [0.25, 0.3) is 0 Å². The van der Waals surface area contributed by atoms with E-state index >= 15 is 0 Å². The summed E-state index contributed by atoms with van der Waals surface area (Å²) in [6.07, 6.45) is -2.29. The van der Waals surface area contributed by atoms with Gasteiger partial charge in [0.15, 0.2) is 17.1 Å². The number of nitrogens with zero attached hydrogens (tertiary/aromatic N) is 1. The van der Waals surface area contributed by atoms with Crippen molar-refractivity contribution in [1.29, 1.82) is 0 Å². The molecule has 0 saturated carbocycles. The quantitative estimate of drug-likeness (QED) is 0.391. The molecule has 0 saturated heterocycles. The molecule has 0 amide bonds. The number of para-hydroxylation sites is 2. The molecule has 0 fully saturated rings. The molecular formula is C19H29NO9. The highest BCUT2D eigenvalue weighted by Gasteiger charge is 2.40.